The van der Waals surface area contributed by atoms with E-state index in [-0.39, 0.29) is 5.91 Å². The molecule has 0 unspecified atom stereocenters. The standard InChI is InChI=1S/C22H28N6OS/c1-15-19(10-11-22(29)23-13-17-6-8-18(30-5)9-7-17)16(2)28(26-15)21-12-20(27(3)4)24-14-25-21/h6-9,12,14H,10-11,13H2,1-5H3,(H,23,29). The molecule has 8 heteroatoms. The Labute approximate surface area is 181 Å². The molecule has 0 atom stereocenters. The average Bonchev–Trinajstić information content (AvgIpc) is 3.04. The monoisotopic (exact) mass is 424 g/mol. The van der Waals surface area contributed by atoms with Crippen LogP contribution in [0.1, 0.15) is 28.9 Å². The van der Waals surface area contributed by atoms with Crippen LogP contribution < -0.4 is 10.2 Å². The lowest BCUT2D eigenvalue weighted by atomic mass is 10.1. The third-order valence-electron chi connectivity index (χ3n) is 5.01. The quantitative estimate of drug-likeness (QED) is 0.559. The van der Waals surface area contributed by atoms with Gasteiger partial charge in [0.1, 0.15) is 12.1 Å². The van der Waals surface area contributed by atoms with Crippen LogP contribution in [0.2, 0.25) is 0 Å². The number of aromatic nitrogens is 4. The number of benzene rings is 1. The third kappa shape index (κ3) is 5.18. The van der Waals surface area contributed by atoms with E-state index in [4.69, 9.17) is 0 Å². The SMILES string of the molecule is CSc1ccc(CNC(=O)CCc2c(C)nn(-c3cc(N(C)C)ncn3)c2C)cc1. The minimum atomic E-state index is 0.0347. The molecule has 0 radical (unpaired) electrons. The van der Waals surface area contributed by atoms with E-state index in [2.05, 4.69) is 38.8 Å². The molecule has 3 aromatic rings. The smallest absolute Gasteiger partial charge is 0.220 e. The lowest BCUT2D eigenvalue weighted by Crippen LogP contribution is -2.23. The van der Waals surface area contributed by atoms with Crippen molar-refractivity contribution in [3.63, 3.8) is 0 Å². The Bertz CT molecular complexity index is 1010. The first-order chi connectivity index (χ1) is 14.4. The van der Waals surface area contributed by atoms with Crippen LogP contribution in [0, 0.1) is 13.8 Å². The zero-order valence-corrected chi connectivity index (χ0v) is 19.0. The fraction of sp³-hybridized carbons (Fsp3) is 0.364. The van der Waals surface area contributed by atoms with Gasteiger partial charge in [-0.2, -0.15) is 5.10 Å². The summed E-state index contributed by atoms with van der Waals surface area (Å²) in [5.74, 6) is 1.57. The van der Waals surface area contributed by atoms with E-state index in [0.717, 1.165) is 34.2 Å². The molecule has 2 heterocycles. The summed E-state index contributed by atoms with van der Waals surface area (Å²) in [6.45, 7) is 4.52. The van der Waals surface area contributed by atoms with E-state index in [9.17, 15) is 4.79 Å². The van der Waals surface area contributed by atoms with Crippen molar-refractivity contribution >= 4 is 23.5 Å². The molecule has 1 amide bonds. The van der Waals surface area contributed by atoms with Gasteiger partial charge in [-0.15, -0.1) is 11.8 Å². The number of nitrogens with zero attached hydrogens (tertiary/aromatic N) is 5. The third-order valence-corrected chi connectivity index (χ3v) is 5.75. The van der Waals surface area contributed by atoms with Crippen molar-refractivity contribution in [1.82, 2.24) is 25.1 Å². The lowest BCUT2D eigenvalue weighted by Gasteiger charge is -2.12. The van der Waals surface area contributed by atoms with Crippen molar-refractivity contribution in [3.8, 4) is 5.82 Å². The van der Waals surface area contributed by atoms with Crippen molar-refractivity contribution in [1.29, 1.82) is 0 Å². The zero-order chi connectivity index (χ0) is 21.7. The molecule has 1 aromatic carbocycles. The van der Waals surface area contributed by atoms with E-state index in [1.165, 1.54) is 4.90 Å². The van der Waals surface area contributed by atoms with E-state index in [1.807, 2.05) is 55.7 Å². The number of carbonyl (C=O) groups excluding carboxylic acids is 1. The lowest BCUT2D eigenvalue weighted by molar-refractivity contribution is -0.121. The summed E-state index contributed by atoms with van der Waals surface area (Å²) in [6, 6.07) is 10.1. The van der Waals surface area contributed by atoms with Gasteiger partial charge in [-0.1, -0.05) is 12.1 Å². The van der Waals surface area contributed by atoms with Crippen LogP contribution >= 0.6 is 11.8 Å². The van der Waals surface area contributed by atoms with Gasteiger partial charge in [0, 0.05) is 43.7 Å². The average molecular weight is 425 g/mol. The predicted octanol–water partition coefficient (Wildman–Crippen LogP) is 3.32. The van der Waals surface area contributed by atoms with Crippen LogP contribution in [-0.2, 0) is 17.8 Å². The van der Waals surface area contributed by atoms with Crippen LogP contribution in [-0.4, -0.2) is 46.0 Å². The Morgan fingerprint density at radius 1 is 1.17 bits per heavy atom. The van der Waals surface area contributed by atoms with E-state index in [1.54, 1.807) is 18.1 Å². The number of aryl methyl sites for hydroxylation is 1. The molecule has 0 fully saturated rings. The molecule has 2 aromatic heterocycles. The van der Waals surface area contributed by atoms with E-state index in [0.29, 0.717) is 19.4 Å². The van der Waals surface area contributed by atoms with Crippen LogP contribution in [0.25, 0.3) is 5.82 Å². The van der Waals surface area contributed by atoms with Crippen molar-refractivity contribution in [2.45, 2.75) is 38.1 Å². The number of rotatable bonds is 8. The Morgan fingerprint density at radius 3 is 2.57 bits per heavy atom. The second-order valence-electron chi connectivity index (χ2n) is 7.31. The molecule has 1 N–H and O–H groups in total. The van der Waals surface area contributed by atoms with Gasteiger partial charge in [0.2, 0.25) is 5.91 Å². The van der Waals surface area contributed by atoms with Gasteiger partial charge < -0.3 is 10.2 Å². The summed E-state index contributed by atoms with van der Waals surface area (Å²) >= 11 is 1.71. The highest BCUT2D eigenvalue weighted by atomic mass is 32.2. The summed E-state index contributed by atoms with van der Waals surface area (Å²) < 4.78 is 1.82. The molecule has 0 bridgehead atoms. The summed E-state index contributed by atoms with van der Waals surface area (Å²) in [4.78, 5) is 24.1. The fourth-order valence-corrected chi connectivity index (χ4v) is 3.64. The van der Waals surface area contributed by atoms with Gasteiger partial charge in [-0.05, 0) is 49.8 Å². The molecule has 0 aliphatic heterocycles. The van der Waals surface area contributed by atoms with E-state index >= 15 is 0 Å². The highest BCUT2D eigenvalue weighted by Gasteiger charge is 2.15. The summed E-state index contributed by atoms with van der Waals surface area (Å²) in [5.41, 5.74) is 4.09. The highest BCUT2D eigenvalue weighted by Crippen LogP contribution is 2.20. The first kappa shape index (κ1) is 21.8. The summed E-state index contributed by atoms with van der Waals surface area (Å²) in [6.07, 6.45) is 4.65. The Hall–Kier alpha value is -2.87. The fourth-order valence-electron chi connectivity index (χ4n) is 3.23. The van der Waals surface area contributed by atoms with Gasteiger partial charge in [0.15, 0.2) is 5.82 Å². The molecule has 158 valence electrons. The number of hydrogen-bond donors (Lipinski definition) is 1. The van der Waals surface area contributed by atoms with Crippen molar-refractivity contribution in [2.75, 3.05) is 25.3 Å². The molecular weight excluding hydrogens is 396 g/mol. The Morgan fingerprint density at radius 2 is 1.90 bits per heavy atom. The van der Waals surface area contributed by atoms with Crippen LogP contribution in [0.4, 0.5) is 5.82 Å². The van der Waals surface area contributed by atoms with Gasteiger partial charge in [0.25, 0.3) is 0 Å². The van der Waals surface area contributed by atoms with Crippen molar-refractivity contribution in [2.24, 2.45) is 0 Å². The molecule has 0 saturated heterocycles. The Kier molecular flexibility index (Phi) is 7.10. The largest absolute Gasteiger partial charge is 0.363 e. The van der Waals surface area contributed by atoms with Crippen molar-refractivity contribution in [3.05, 3.63) is 59.2 Å². The number of amides is 1. The second-order valence-corrected chi connectivity index (χ2v) is 8.19. The minimum Gasteiger partial charge on any atom is -0.363 e. The topological polar surface area (TPSA) is 75.9 Å². The van der Waals surface area contributed by atoms with Crippen LogP contribution in [0.15, 0.2) is 41.6 Å². The first-order valence-electron chi connectivity index (χ1n) is 9.83. The number of thioether (sulfide) groups is 1. The zero-order valence-electron chi connectivity index (χ0n) is 18.1. The van der Waals surface area contributed by atoms with E-state index < -0.39 is 0 Å². The predicted molar refractivity (Wildman–Crippen MR) is 121 cm³/mol. The first-order valence-corrected chi connectivity index (χ1v) is 11.1. The number of nitrogens with one attached hydrogen (secondary N) is 1. The molecule has 3 rings (SSSR count). The maximum atomic E-state index is 12.4. The van der Waals surface area contributed by atoms with Gasteiger partial charge in [-0.25, -0.2) is 14.6 Å². The van der Waals surface area contributed by atoms with Gasteiger partial charge in [-0.3, -0.25) is 4.79 Å². The molecular formula is C22H28N6OS. The normalized spacial score (nSPS) is 10.8. The molecule has 7 nitrogen and oxygen atoms in total. The maximum absolute atomic E-state index is 12.4. The second kappa shape index (κ2) is 9.75. The number of hydrogen-bond acceptors (Lipinski definition) is 6. The summed E-state index contributed by atoms with van der Waals surface area (Å²) in [5, 5.41) is 7.65. The molecule has 30 heavy (non-hydrogen) atoms. The Balaban J connectivity index is 1.63. The number of anilines is 1. The maximum Gasteiger partial charge on any atom is 0.220 e. The van der Waals surface area contributed by atoms with Crippen LogP contribution in [0.5, 0.6) is 0 Å². The minimum absolute atomic E-state index is 0.0347. The summed E-state index contributed by atoms with van der Waals surface area (Å²) in [7, 11) is 3.88. The van der Waals surface area contributed by atoms with Crippen LogP contribution in [0.3, 0.4) is 0 Å². The van der Waals surface area contributed by atoms with Gasteiger partial charge >= 0.3 is 0 Å². The molecule has 0 aliphatic carbocycles. The van der Waals surface area contributed by atoms with Gasteiger partial charge in [0.05, 0.1) is 5.69 Å². The molecule has 0 spiro atoms. The number of carbonyl (C=O) groups is 1. The molecule has 0 aliphatic rings. The van der Waals surface area contributed by atoms with Crippen molar-refractivity contribution < 1.29 is 4.79 Å². The molecule has 0 saturated carbocycles. The highest BCUT2D eigenvalue weighted by molar-refractivity contribution is 7.98.